The van der Waals surface area contributed by atoms with Crippen LogP contribution in [0.1, 0.15) is 11.6 Å². The highest BCUT2D eigenvalue weighted by Gasteiger charge is 2.12. The molecule has 3 aromatic rings. The summed E-state index contributed by atoms with van der Waals surface area (Å²) in [6.45, 7) is 1.25. The van der Waals surface area contributed by atoms with Crippen LogP contribution in [0.3, 0.4) is 0 Å². The third kappa shape index (κ3) is 3.28. The fourth-order valence-electron chi connectivity index (χ4n) is 2.38. The van der Waals surface area contributed by atoms with E-state index in [4.69, 9.17) is 4.74 Å². The third-order valence-electron chi connectivity index (χ3n) is 3.51. The Hall–Kier alpha value is -1.78. The Morgan fingerprint density at radius 2 is 1.81 bits per heavy atom. The first-order chi connectivity index (χ1) is 10.4. The van der Waals surface area contributed by atoms with Gasteiger partial charge in [0.15, 0.2) is 0 Å². The number of benzene rings is 2. The Morgan fingerprint density at radius 1 is 1.05 bits per heavy atom. The highest BCUT2D eigenvalue weighted by atomic mass is 32.1. The number of hydrogen-bond donors (Lipinski definition) is 1. The number of aromatic nitrogens is 2. The Bertz CT molecular complexity index is 696. The highest BCUT2D eigenvalue weighted by Crippen LogP contribution is 2.19. The molecule has 1 aromatic heterocycles. The molecular formula is C17H18N2OS. The topological polar surface area (TPSA) is 27.1 Å². The molecule has 0 amide bonds. The molecular weight excluding hydrogens is 280 g/mol. The summed E-state index contributed by atoms with van der Waals surface area (Å²) in [5.74, 6) is 0.717. The molecule has 0 spiro atoms. The van der Waals surface area contributed by atoms with Gasteiger partial charge in [-0.25, -0.2) is 4.98 Å². The predicted molar refractivity (Wildman–Crippen MR) is 88.7 cm³/mol. The van der Waals surface area contributed by atoms with Gasteiger partial charge in [-0.05, 0) is 17.7 Å². The molecule has 0 radical (unpaired) electrons. The van der Waals surface area contributed by atoms with Crippen LogP contribution in [0.5, 0.6) is 0 Å². The molecule has 0 saturated carbocycles. The summed E-state index contributed by atoms with van der Waals surface area (Å²) in [5.41, 5.74) is 3.32. The van der Waals surface area contributed by atoms with E-state index in [-0.39, 0.29) is 6.04 Å². The molecule has 1 atom stereocenters. The fourth-order valence-corrected chi connectivity index (χ4v) is 2.66. The van der Waals surface area contributed by atoms with Gasteiger partial charge in [0.2, 0.25) is 0 Å². The summed E-state index contributed by atoms with van der Waals surface area (Å²) < 4.78 is 7.99. The van der Waals surface area contributed by atoms with E-state index in [1.165, 1.54) is 5.56 Å². The van der Waals surface area contributed by atoms with Gasteiger partial charge in [0.1, 0.15) is 0 Å². The van der Waals surface area contributed by atoms with Crippen LogP contribution in [0.15, 0.2) is 60.9 Å². The maximum Gasteiger partial charge on any atom is 0.0962 e. The van der Waals surface area contributed by atoms with Crippen molar-refractivity contribution in [2.24, 2.45) is 0 Å². The molecule has 1 heterocycles. The Kier molecular flexibility index (Phi) is 4.58. The molecule has 0 N–H and O–H groups in total. The Balaban J connectivity index is 1.68. The lowest BCUT2D eigenvalue weighted by atomic mass is 10.2. The summed E-state index contributed by atoms with van der Waals surface area (Å²) in [6.07, 6.45) is 1.87. The van der Waals surface area contributed by atoms with Crippen molar-refractivity contribution in [2.75, 3.05) is 12.4 Å². The fraction of sp³-hybridized carbons (Fsp3) is 0.235. The van der Waals surface area contributed by atoms with Crippen molar-refractivity contribution in [3.05, 3.63) is 66.5 Å². The van der Waals surface area contributed by atoms with Crippen LogP contribution < -0.4 is 0 Å². The SMILES string of the molecule is SCC(COCc1ccccc1)n1cnc2ccccc21. The summed E-state index contributed by atoms with van der Waals surface area (Å²) in [5, 5.41) is 0. The second-order valence-corrected chi connectivity index (χ2v) is 5.34. The van der Waals surface area contributed by atoms with Crippen LogP contribution in [0.2, 0.25) is 0 Å². The van der Waals surface area contributed by atoms with Crippen LogP contribution in [0.25, 0.3) is 11.0 Å². The second kappa shape index (κ2) is 6.78. The third-order valence-corrected chi connectivity index (χ3v) is 3.93. The van der Waals surface area contributed by atoms with Crippen LogP contribution in [-0.2, 0) is 11.3 Å². The Labute approximate surface area is 130 Å². The van der Waals surface area contributed by atoms with E-state index in [1.807, 2.05) is 42.7 Å². The van der Waals surface area contributed by atoms with Crippen LogP contribution >= 0.6 is 12.6 Å². The summed E-state index contributed by atoms with van der Waals surface area (Å²) in [4.78, 5) is 4.43. The largest absolute Gasteiger partial charge is 0.375 e. The smallest absolute Gasteiger partial charge is 0.0962 e. The Morgan fingerprint density at radius 3 is 2.62 bits per heavy atom. The van der Waals surface area contributed by atoms with Gasteiger partial charge < -0.3 is 9.30 Å². The van der Waals surface area contributed by atoms with E-state index in [0.29, 0.717) is 13.2 Å². The molecule has 1 unspecified atom stereocenters. The van der Waals surface area contributed by atoms with Gasteiger partial charge in [0.05, 0.1) is 36.6 Å². The predicted octanol–water partition coefficient (Wildman–Crippen LogP) is 3.72. The van der Waals surface area contributed by atoms with Crippen molar-refractivity contribution >= 4 is 23.7 Å². The van der Waals surface area contributed by atoms with Gasteiger partial charge in [-0.1, -0.05) is 42.5 Å². The summed E-state index contributed by atoms with van der Waals surface area (Å²) in [6, 6.07) is 18.5. The molecule has 3 rings (SSSR count). The van der Waals surface area contributed by atoms with Crippen molar-refractivity contribution in [3.63, 3.8) is 0 Å². The zero-order valence-corrected chi connectivity index (χ0v) is 12.6. The number of thiol groups is 1. The maximum absolute atomic E-state index is 5.85. The van der Waals surface area contributed by atoms with Crippen molar-refractivity contribution in [1.82, 2.24) is 9.55 Å². The van der Waals surface area contributed by atoms with E-state index in [1.54, 1.807) is 0 Å². The van der Waals surface area contributed by atoms with Gasteiger partial charge in [-0.2, -0.15) is 12.6 Å². The molecule has 0 aliphatic carbocycles. The molecule has 4 heteroatoms. The molecule has 0 saturated heterocycles. The van der Waals surface area contributed by atoms with E-state index in [9.17, 15) is 0 Å². The zero-order chi connectivity index (χ0) is 14.5. The molecule has 0 aliphatic rings. The average Bonchev–Trinajstić information content (AvgIpc) is 2.97. The normalized spacial score (nSPS) is 12.6. The first kappa shape index (κ1) is 14.2. The van der Waals surface area contributed by atoms with Crippen LogP contribution in [0, 0.1) is 0 Å². The van der Waals surface area contributed by atoms with E-state index in [2.05, 4.69) is 40.4 Å². The van der Waals surface area contributed by atoms with Crippen molar-refractivity contribution in [1.29, 1.82) is 0 Å². The molecule has 108 valence electrons. The highest BCUT2D eigenvalue weighted by molar-refractivity contribution is 7.80. The molecule has 0 bridgehead atoms. The first-order valence-corrected chi connectivity index (χ1v) is 7.66. The minimum atomic E-state index is 0.185. The second-order valence-electron chi connectivity index (χ2n) is 4.98. The van der Waals surface area contributed by atoms with Gasteiger partial charge in [-0.3, -0.25) is 0 Å². The monoisotopic (exact) mass is 298 g/mol. The van der Waals surface area contributed by atoms with Gasteiger partial charge >= 0.3 is 0 Å². The van der Waals surface area contributed by atoms with Gasteiger partial charge in [0.25, 0.3) is 0 Å². The average molecular weight is 298 g/mol. The summed E-state index contributed by atoms with van der Waals surface area (Å²) >= 11 is 4.46. The van der Waals surface area contributed by atoms with Crippen molar-refractivity contribution < 1.29 is 4.74 Å². The molecule has 0 fully saturated rings. The number of nitrogens with zero attached hydrogens (tertiary/aromatic N) is 2. The maximum atomic E-state index is 5.85. The zero-order valence-electron chi connectivity index (χ0n) is 11.7. The van der Waals surface area contributed by atoms with Crippen LogP contribution in [-0.4, -0.2) is 21.9 Å². The first-order valence-electron chi connectivity index (χ1n) is 7.02. The minimum absolute atomic E-state index is 0.185. The number of ether oxygens (including phenoxy) is 1. The molecule has 2 aromatic carbocycles. The lowest BCUT2D eigenvalue weighted by Gasteiger charge is -2.17. The van der Waals surface area contributed by atoms with E-state index in [0.717, 1.165) is 16.8 Å². The number of fused-ring (bicyclic) bond motifs is 1. The lowest BCUT2D eigenvalue weighted by molar-refractivity contribution is 0.0971. The quantitative estimate of drug-likeness (QED) is 0.702. The van der Waals surface area contributed by atoms with Crippen LogP contribution in [0.4, 0.5) is 0 Å². The number of rotatable bonds is 6. The van der Waals surface area contributed by atoms with Crippen molar-refractivity contribution in [2.45, 2.75) is 12.6 Å². The lowest BCUT2D eigenvalue weighted by Crippen LogP contribution is -2.16. The number of hydrogen-bond acceptors (Lipinski definition) is 3. The summed E-state index contributed by atoms with van der Waals surface area (Å²) in [7, 11) is 0. The molecule has 21 heavy (non-hydrogen) atoms. The number of para-hydroxylation sites is 2. The van der Waals surface area contributed by atoms with E-state index >= 15 is 0 Å². The van der Waals surface area contributed by atoms with Crippen molar-refractivity contribution in [3.8, 4) is 0 Å². The minimum Gasteiger partial charge on any atom is -0.375 e. The van der Waals surface area contributed by atoms with Gasteiger partial charge in [-0.15, -0.1) is 0 Å². The van der Waals surface area contributed by atoms with E-state index < -0.39 is 0 Å². The molecule has 0 aliphatic heterocycles. The standard InChI is InChI=1S/C17H18N2OS/c21-12-15(11-20-10-14-6-2-1-3-7-14)19-13-18-16-8-4-5-9-17(16)19/h1-9,13,15,21H,10-12H2. The number of imidazole rings is 1. The molecule has 3 nitrogen and oxygen atoms in total. The van der Waals surface area contributed by atoms with Gasteiger partial charge in [0, 0.05) is 5.75 Å².